The van der Waals surface area contributed by atoms with E-state index in [0.29, 0.717) is 0 Å². The maximum absolute atomic E-state index is 6.82. The Hall–Kier alpha value is -7.04. The van der Waals surface area contributed by atoms with Crippen molar-refractivity contribution >= 4 is 38.9 Å². The lowest BCUT2D eigenvalue weighted by atomic mass is 9.82. The maximum Gasteiger partial charge on any atom is 0.160 e. The van der Waals surface area contributed by atoms with Gasteiger partial charge in [0.2, 0.25) is 0 Å². The molecule has 0 spiro atoms. The molecule has 0 radical (unpaired) electrons. The largest absolute Gasteiger partial charge is 0.453 e. The molecule has 260 valence electrons. The molecule has 0 amide bonds. The normalized spacial score (nSPS) is 13.7. The Morgan fingerprint density at radius 2 is 1.05 bits per heavy atom. The number of nitrogens with zero attached hydrogens (tertiary/aromatic N) is 2. The van der Waals surface area contributed by atoms with Crippen LogP contribution in [-0.4, -0.2) is 4.57 Å². The Morgan fingerprint density at radius 3 is 1.85 bits per heavy atom. The number of rotatable bonds is 5. The summed E-state index contributed by atoms with van der Waals surface area (Å²) in [5, 5.41) is 2.32. The van der Waals surface area contributed by atoms with Gasteiger partial charge in [0.25, 0.3) is 0 Å². The van der Waals surface area contributed by atoms with Crippen molar-refractivity contribution in [1.29, 1.82) is 0 Å². The van der Waals surface area contributed by atoms with Crippen LogP contribution in [0.1, 0.15) is 25.0 Å². The first-order valence-electron chi connectivity index (χ1n) is 18.9. The summed E-state index contributed by atoms with van der Waals surface area (Å²) >= 11 is 0. The second-order valence-electron chi connectivity index (χ2n) is 15.3. The average Bonchev–Trinajstić information content (AvgIpc) is 3.69. The molecule has 0 atom stereocenters. The van der Waals surface area contributed by atoms with Crippen molar-refractivity contribution in [2.45, 2.75) is 19.3 Å². The Labute approximate surface area is 319 Å². The minimum Gasteiger partial charge on any atom is -0.453 e. The van der Waals surface area contributed by atoms with Crippen LogP contribution in [0.15, 0.2) is 170 Å². The molecular weight excluding hydrogens is 673 g/mol. The average molecular weight is 707 g/mol. The molecule has 0 fully saturated rings. The Kier molecular flexibility index (Phi) is 6.09. The zero-order valence-electron chi connectivity index (χ0n) is 30.4. The number of fused-ring (bicyclic) bond motifs is 4. The summed E-state index contributed by atoms with van der Waals surface area (Å²) in [4.78, 5) is 2.37. The van der Waals surface area contributed by atoms with E-state index in [1.807, 2.05) is 18.2 Å². The first-order chi connectivity index (χ1) is 27.0. The smallest absolute Gasteiger partial charge is 0.160 e. The molecule has 0 saturated carbocycles. The molecule has 4 heteroatoms. The minimum atomic E-state index is -0.0568. The fourth-order valence-electron chi connectivity index (χ4n) is 9.36. The van der Waals surface area contributed by atoms with E-state index in [1.54, 1.807) is 0 Å². The van der Waals surface area contributed by atoms with Crippen LogP contribution in [0.25, 0.3) is 60.9 Å². The van der Waals surface area contributed by atoms with E-state index in [4.69, 9.17) is 9.47 Å². The van der Waals surface area contributed by atoms with Gasteiger partial charge >= 0.3 is 0 Å². The van der Waals surface area contributed by atoms with E-state index in [9.17, 15) is 0 Å². The van der Waals surface area contributed by atoms with Crippen molar-refractivity contribution < 1.29 is 9.47 Å². The van der Waals surface area contributed by atoms with Gasteiger partial charge in [-0.2, -0.15) is 0 Å². The molecule has 0 saturated heterocycles. The molecule has 1 aromatic heterocycles. The number of benzene rings is 8. The van der Waals surface area contributed by atoms with Crippen molar-refractivity contribution in [1.82, 2.24) is 4.57 Å². The number of anilines is 3. The molecule has 0 N–H and O–H groups in total. The lowest BCUT2D eigenvalue weighted by Crippen LogP contribution is -2.15. The summed E-state index contributed by atoms with van der Waals surface area (Å²) in [7, 11) is 0. The van der Waals surface area contributed by atoms with Gasteiger partial charge in [-0.25, -0.2) is 0 Å². The number of hydrogen-bond acceptors (Lipinski definition) is 3. The van der Waals surface area contributed by atoms with Gasteiger partial charge in [-0.1, -0.05) is 123 Å². The molecule has 1 aliphatic carbocycles. The van der Waals surface area contributed by atoms with Crippen molar-refractivity contribution in [3.63, 3.8) is 0 Å². The third-order valence-electron chi connectivity index (χ3n) is 12.0. The summed E-state index contributed by atoms with van der Waals surface area (Å²) < 4.78 is 15.5. The third kappa shape index (κ3) is 4.22. The van der Waals surface area contributed by atoms with Gasteiger partial charge in [0.1, 0.15) is 5.69 Å². The molecule has 12 rings (SSSR count). The first-order valence-corrected chi connectivity index (χ1v) is 18.9. The van der Waals surface area contributed by atoms with E-state index in [2.05, 4.69) is 175 Å². The maximum atomic E-state index is 6.82. The second-order valence-corrected chi connectivity index (χ2v) is 15.3. The standard InChI is InChI=1S/C51H34N2O2/c1-51(2)42-14-7-6-12-38(42)41-30-36(26-29-43(41)51)52(34-22-18-32(19-23-34)31-10-4-3-5-11-31)35-24-20-33(21-25-35)37-27-28-40-39-13-8-15-44-47(39)53-48(40)50(37)55-46-17-9-16-45(54-44)49(46)53/h3-30H,1-2H3. The monoisotopic (exact) mass is 706 g/mol. The van der Waals surface area contributed by atoms with Crippen molar-refractivity contribution in [2.75, 3.05) is 4.90 Å². The molecule has 8 aromatic carbocycles. The first kappa shape index (κ1) is 30.4. The fourth-order valence-corrected chi connectivity index (χ4v) is 9.36. The zero-order chi connectivity index (χ0) is 36.4. The Morgan fingerprint density at radius 1 is 0.436 bits per heavy atom. The highest BCUT2D eigenvalue weighted by Crippen LogP contribution is 2.56. The van der Waals surface area contributed by atoms with Gasteiger partial charge in [0.15, 0.2) is 23.0 Å². The van der Waals surface area contributed by atoms with Crippen LogP contribution in [-0.2, 0) is 5.41 Å². The van der Waals surface area contributed by atoms with E-state index in [-0.39, 0.29) is 5.41 Å². The number of ether oxygens (including phenoxy) is 2. The van der Waals surface area contributed by atoms with E-state index < -0.39 is 0 Å². The van der Waals surface area contributed by atoms with Gasteiger partial charge in [-0.05, 0) is 99.6 Å². The highest BCUT2D eigenvalue weighted by molar-refractivity contribution is 6.16. The van der Waals surface area contributed by atoms with Gasteiger partial charge in [0.05, 0.1) is 11.0 Å². The SMILES string of the molecule is CC1(C)c2ccccc2-c2cc(N(c3ccc(-c4ccccc4)cc3)c3ccc(-c4ccc5c6cccc7c6n6c5c4Oc4cccc(c4-6)O7)cc3)ccc21. The van der Waals surface area contributed by atoms with E-state index in [1.165, 1.54) is 33.4 Å². The number of aromatic nitrogens is 1. The summed E-state index contributed by atoms with van der Waals surface area (Å²) in [6, 6.07) is 61.1. The molecule has 0 bridgehead atoms. The van der Waals surface area contributed by atoms with Crippen LogP contribution in [0.4, 0.5) is 17.1 Å². The van der Waals surface area contributed by atoms with Gasteiger partial charge in [-0.15, -0.1) is 0 Å². The number of hydrogen-bond donors (Lipinski definition) is 0. The molecule has 3 heterocycles. The predicted octanol–water partition coefficient (Wildman–Crippen LogP) is 14.1. The lowest BCUT2D eigenvalue weighted by molar-refractivity contribution is 0.445. The van der Waals surface area contributed by atoms with Crippen LogP contribution >= 0.6 is 0 Å². The van der Waals surface area contributed by atoms with Crippen molar-refractivity contribution in [3.05, 3.63) is 181 Å². The van der Waals surface area contributed by atoms with Gasteiger partial charge in [-0.3, -0.25) is 4.57 Å². The summed E-state index contributed by atoms with van der Waals surface area (Å²) in [5.41, 5.74) is 16.3. The van der Waals surface area contributed by atoms with Crippen LogP contribution < -0.4 is 14.4 Å². The highest BCUT2D eigenvalue weighted by atomic mass is 16.5. The molecule has 2 aliphatic heterocycles. The van der Waals surface area contributed by atoms with Crippen LogP contribution in [0, 0.1) is 0 Å². The molecule has 3 aliphatic rings. The third-order valence-corrected chi connectivity index (χ3v) is 12.0. The highest BCUT2D eigenvalue weighted by Gasteiger charge is 2.36. The van der Waals surface area contributed by atoms with Gasteiger partial charge < -0.3 is 14.4 Å². The fraction of sp³-hybridized carbons (Fsp3) is 0.0588. The molecule has 55 heavy (non-hydrogen) atoms. The summed E-state index contributed by atoms with van der Waals surface area (Å²) in [6.45, 7) is 4.67. The van der Waals surface area contributed by atoms with Crippen LogP contribution in [0.5, 0.6) is 23.0 Å². The predicted molar refractivity (Wildman–Crippen MR) is 224 cm³/mol. The second kappa shape index (κ2) is 11.0. The van der Waals surface area contributed by atoms with Crippen molar-refractivity contribution in [3.8, 4) is 62.1 Å². The molecular formula is C51H34N2O2. The van der Waals surface area contributed by atoms with Gasteiger partial charge in [0, 0.05) is 38.8 Å². The van der Waals surface area contributed by atoms with Crippen molar-refractivity contribution in [2.24, 2.45) is 0 Å². The summed E-state index contributed by atoms with van der Waals surface area (Å²) in [5.74, 6) is 3.35. The van der Waals surface area contributed by atoms with E-state index >= 15 is 0 Å². The Balaban J connectivity index is 1.00. The topological polar surface area (TPSA) is 26.6 Å². The molecule has 9 aromatic rings. The summed E-state index contributed by atoms with van der Waals surface area (Å²) in [6.07, 6.45) is 0. The van der Waals surface area contributed by atoms with Crippen LogP contribution in [0.2, 0.25) is 0 Å². The quantitative estimate of drug-likeness (QED) is 0.178. The van der Waals surface area contributed by atoms with Crippen LogP contribution in [0.3, 0.4) is 0 Å². The Bertz CT molecular complexity index is 3050. The lowest BCUT2D eigenvalue weighted by Gasteiger charge is -2.28. The molecule has 0 unspecified atom stereocenters. The molecule has 4 nitrogen and oxygen atoms in total. The van der Waals surface area contributed by atoms with E-state index in [0.717, 1.165) is 78.7 Å². The zero-order valence-corrected chi connectivity index (χ0v) is 30.4. The minimum absolute atomic E-state index is 0.0568. The number of para-hydroxylation sites is 2.